The van der Waals surface area contributed by atoms with Gasteiger partial charge in [-0.2, -0.15) is 10.1 Å². The lowest BCUT2D eigenvalue weighted by atomic mass is 10.0. The van der Waals surface area contributed by atoms with Crippen molar-refractivity contribution in [2.24, 2.45) is 5.92 Å². The summed E-state index contributed by atoms with van der Waals surface area (Å²) in [6.45, 7) is 6.59. The van der Waals surface area contributed by atoms with Crippen LogP contribution in [0, 0.1) is 5.92 Å². The van der Waals surface area contributed by atoms with Gasteiger partial charge in [0.2, 0.25) is 11.9 Å². The van der Waals surface area contributed by atoms with Crippen molar-refractivity contribution in [1.29, 1.82) is 0 Å². The van der Waals surface area contributed by atoms with E-state index in [0.717, 1.165) is 75.8 Å². The molecule has 6 heterocycles. The van der Waals surface area contributed by atoms with Crippen LogP contribution in [0.1, 0.15) is 81.6 Å². The van der Waals surface area contributed by atoms with Gasteiger partial charge in [0.15, 0.2) is 11.5 Å². The number of hydrogen-bond acceptors (Lipinski definition) is 14. The molecule has 4 aliphatic rings. The predicted molar refractivity (Wildman–Crippen MR) is 273 cm³/mol. The van der Waals surface area contributed by atoms with Gasteiger partial charge in [0.25, 0.3) is 11.8 Å². The topological polar surface area (TPSA) is 202 Å². The van der Waals surface area contributed by atoms with Gasteiger partial charge in [0, 0.05) is 43.3 Å². The molecule has 71 heavy (non-hydrogen) atoms. The number of aromatic nitrogens is 6. The molecule has 368 valence electrons. The Kier molecular flexibility index (Phi) is 13.5. The third kappa shape index (κ3) is 9.80. The standard InChI is InChI=1S/C53H61N13O5/c1-5-42-52(69)63(4)43-29-55-53(60-48(43)65(42)37-12-9-10-13-37)59-41-22-19-35(50(67)58-36-23-26-62(3)27-24-36)28-44(41)70-31-33(2)51(68)64-25-11-14-38(30-64)66-49-45(47(54)56-32-57-49)46(61-66)34-17-20-40(21-18-34)71-39-15-7-6-8-16-39/h5-8,15-22,28-29,32-33,36-38H,9-14,23-27,30-31H2,1-4H3,(H,58,67)(H2,54,56,57)(H,55,59,60)/b42-5+/t33?,38-/m1/s1. The molecule has 10 rings (SSSR count). The van der Waals surface area contributed by atoms with Crippen LogP contribution in [0.3, 0.4) is 0 Å². The number of carbonyl (C=O) groups is 3. The normalized spacial score (nSPS) is 19.0. The Morgan fingerprint density at radius 3 is 2.39 bits per heavy atom. The molecule has 18 nitrogen and oxygen atoms in total. The van der Waals surface area contributed by atoms with Crippen LogP contribution < -0.4 is 35.6 Å². The van der Waals surface area contributed by atoms with Crippen LogP contribution in [-0.2, 0) is 9.59 Å². The minimum atomic E-state index is -0.551. The smallest absolute Gasteiger partial charge is 0.274 e. The Hall–Kier alpha value is -7.60. The van der Waals surface area contributed by atoms with Gasteiger partial charge in [-0.05, 0) is 120 Å². The minimum absolute atomic E-state index is 0.0371. The zero-order chi connectivity index (χ0) is 49.2. The number of nitrogens with one attached hydrogen (secondary N) is 2. The largest absolute Gasteiger partial charge is 0.491 e. The number of anilines is 5. The second-order valence-electron chi connectivity index (χ2n) is 19.1. The van der Waals surface area contributed by atoms with Crippen LogP contribution in [-0.4, -0.2) is 116 Å². The summed E-state index contributed by atoms with van der Waals surface area (Å²) in [6.07, 6.45) is 12.3. The summed E-state index contributed by atoms with van der Waals surface area (Å²) in [5, 5.41) is 12.3. The van der Waals surface area contributed by atoms with Crippen LogP contribution in [0.5, 0.6) is 17.2 Å². The highest BCUT2D eigenvalue weighted by atomic mass is 16.5. The molecule has 3 aromatic carbocycles. The predicted octanol–water partition coefficient (Wildman–Crippen LogP) is 7.73. The lowest BCUT2D eigenvalue weighted by Gasteiger charge is -2.39. The van der Waals surface area contributed by atoms with Crippen LogP contribution in [0.25, 0.3) is 22.3 Å². The summed E-state index contributed by atoms with van der Waals surface area (Å²) in [5.41, 5.74) is 10.8. The first-order valence-corrected chi connectivity index (χ1v) is 24.8. The molecule has 1 unspecified atom stereocenters. The molecule has 6 aromatic rings. The summed E-state index contributed by atoms with van der Waals surface area (Å²) < 4.78 is 14.5. The van der Waals surface area contributed by atoms with E-state index in [-0.39, 0.29) is 42.5 Å². The summed E-state index contributed by atoms with van der Waals surface area (Å²) in [4.78, 5) is 68.1. The number of rotatable bonds is 13. The monoisotopic (exact) mass is 959 g/mol. The maximum absolute atomic E-state index is 14.4. The highest BCUT2D eigenvalue weighted by Crippen LogP contribution is 2.42. The summed E-state index contributed by atoms with van der Waals surface area (Å²) in [5.74, 6) is 2.17. The van der Waals surface area contributed by atoms with Crippen molar-refractivity contribution in [3.63, 3.8) is 0 Å². The fourth-order valence-electron chi connectivity index (χ4n) is 10.3. The van der Waals surface area contributed by atoms with Gasteiger partial charge in [0.05, 0.1) is 35.8 Å². The minimum Gasteiger partial charge on any atom is -0.491 e. The number of ether oxygens (including phenoxy) is 2. The molecule has 3 fully saturated rings. The number of hydrogen-bond donors (Lipinski definition) is 3. The van der Waals surface area contributed by atoms with Crippen molar-refractivity contribution in [3.8, 4) is 28.5 Å². The number of benzene rings is 3. The molecule has 4 N–H and O–H groups in total. The molecule has 3 aromatic heterocycles. The second-order valence-corrected chi connectivity index (χ2v) is 19.1. The fourth-order valence-corrected chi connectivity index (χ4v) is 10.3. The summed E-state index contributed by atoms with van der Waals surface area (Å²) >= 11 is 0. The highest BCUT2D eigenvalue weighted by Gasteiger charge is 2.38. The zero-order valence-corrected chi connectivity index (χ0v) is 40.8. The fraction of sp³-hybridized carbons (Fsp3) is 0.396. The number of para-hydroxylation sites is 1. The Labute approximate surface area is 413 Å². The molecular formula is C53H61N13O5. The Bertz CT molecular complexity index is 2950. The summed E-state index contributed by atoms with van der Waals surface area (Å²) in [7, 11) is 3.83. The van der Waals surface area contributed by atoms with Crippen molar-refractivity contribution < 1.29 is 23.9 Å². The number of allylic oxidation sites excluding steroid dienone is 1. The SMILES string of the molecule is C/C=C1\C(=O)N(C)c2cnc(Nc3ccc(C(=O)NC4CCN(C)CC4)cc3OCC(C)C(=O)N3CCC[C@@H](n4nc(-c5ccc(Oc6ccccc6)cc5)c5c(N)ncnc54)C3)nc2N1C1CCCC1. The van der Waals surface area contributed by atoms with E-state index in [1.165, 1.54) is 6.33 Å². The second kappa shape index (κ2) is 20.4. The van der Waals surface area contributed by atoms with E-state index >= 15 is 0 Å². The lowest BCUT2D eigenvalue weighted by Crippen LogP contribution is -2.46. The first-order valence-electron chi connectivity index (χ1n) is 24.8. The third-order valence-corrected chi connectivity index (χ3v) is 14.2. The number of likely N-dealkylation sites (N-methyl/N-ethyl adjacent to an activating group) is 1. The van der Waals surface area contributed by atoms with Gasteiger partial charge in [-0.3, -0.25) is 14.4 Å². The number of amides is 3. The van der Waals surface area contributed by atoms with E-state index in [0.29, 0.717) is 81.5 Å². The van der Waals surface area contributed by atoms with E-state index in [9.17, 15) is 14.4 Å². The molecular weight excluding hydrogens is 899 g/mol. The molecule has 0 spiro atoms. The average molecular weight is 960 g/mol. The van der Waals surface area contributed by atoms with E-state index in [1.54, 1.807) is 36.3 Å². The zero-order valence-electron chi connectivity index (χ0n) is 40.8. The molecule has 1 saturated carbocycles. The van der Waals surface area contributed by atoms with Crippen molar-refractivity contribution in [1.82, 2.24) is 44.8 Å². The van der Waals surface area contributed by atoms with Gasteiger partial charge >= 0.3 is 0 Å². The number of carbonyl (C=O) groups excluding carboxylic acids is 3. The van der Waals surface area contributed by atoms with E-state index in [2.05, 4.69) is 42.4 Å². The van der Waals surface area contributed by atoms with Gasteiger partial charge in [-0.1, -0.05) is 44.0 Å². The molecule has 2 atom stereocenters. The Balaban J connectivity index is 0.875. The summed E-state index contributed by atoms with van der Waals surface area (Å²) in [6, 6.07) is 22.6. The first kappa shape index (κ1) is 47.1. The van der Waals surface area contributed by atoms with Crippen molar-refractivity contribution in [2.45, 2.75) is 83.3 Å². The maximum Gasteiger partial charge on any atom is 0.274 e. The van der Waals surface area contributed by atoms with E-state index in [1.807, 2.05) is 84.1 Å². The van der Waals surface area contributed by atoms with Crippen molar-refractivity contribution in [2.75, 3.05) is 67.7 Å². The van der Waals surface area contributed by atoms with Gasteiger partial charge in [0.1, 0.15) is 46.5 Å². The maximum atomic E-state index is 14.4. The number of nitrogen functional groups attached to an aromatic ring is 1. The Morgan fingerprint density at radius 2 is 1.63 bits per heavy atom. The molecule has 3 aliphatic heterocycles. The van der Waals surface area contributed by atoms with Crippen LogP contribution >= 0.6 is 0 Å². The van der Waals surface area contributed by atoms with Gasteiger partial charge in [-0.15, -0.1) is 0 Å². The van der Waals surface area contributed by atoms with Crippen LogP contribution in [0.2, 0.25) is 0 Å². The van der Waals surface area contributed by atoms with E-state index < -0.39 is 5.92 Å². The van der Waals surface area contributed by atoms with Crippen LogP contribution in [0.4, 0.5) is 29.0 Å². The number of nitrogens with two attached hydrogens (primary N) is 1. The quantitative estimate of drug-likeness (QED) is 0.0949. The highest BCUT2D eigenvalue weighted by molar-refractivity contribution is 6.12. The lowest BCUT2D eigenvalue weighted by molar-refractivity contribution is -0.137. The van der Waals surface area contributed by atoms with E-state index in [4.69, 9.17) is 25.3 Å². The number of fused-ring (bicyclic) bond motifs is 2. The molecule has 2 saturated heterocycles. The Morgan fingerprint density at radius 1 is 0.887 bits per heavy atom. The average Bonchev–Trinajstić information content (AvgIpc) is 4.08. The van der Waals surface area contributed by atoms with Crippen LogP contribution in [0.15, 0.2) is 97.1 Å². The third-order valence-electron chi connectivity index (χ3n) is 14.2. The van der Waals surface area contributed by atoms with Gasteiger partial charge < -0.3 is 45.4 Å². The molecule has 18 heteroatoms. The molecule has 3 amide bonds. The molecule has 0 radical (unpaired) electrons. The first-order chi connectivity index (χ1) is 34.5. The molecule has 0 bridgehead atoms. The number of likely N-dealkylation sites (tertiary alicyclic amines) is 2. The number of nitrogens with zero attached hydrogens (tertiary/aromatic N) is 10. The van der Waals surface area contributed by atoms with Crippen molar-refractivity contribution >= 4 is 57.7 Å². The van der Waals surface area contributed by atoms with Crippen molar-refractivity contribution in [3.05, 3.63) is 103 Å². The van der Waals surface area contributed by atoms with Gasteiger partial charge in [-0.25, -0.2) is 19.6 Å². The molecule has 1 aliphatic carbocycles. The number of piperidine rings is 2.